The van der Waals surface area contributed by atoms with Crippen molar-refractivity contribution in [2.45, 2.75) is 26.2 Å². The molecule has 7 heteroatoms. The summed E-state index contributed by atoms with van der Waals surface area (Å²) in [6.07, 6.45) is 1.38. The van der Waals surface area contributed by atoms with Gasteiger partial charge in [0.1, 0.15) is 5.69 Å². The third-order valence-electron chi connectivity index (χ3n) is 3.13. The Morgan fingerprint density at radius 2 is 2.24 bits per heavy atom. The van der Waals surface area contributed by atoms with Crippen LogP contribution in [-0.4, -0.2) is 22.5 Å². The standard InChI is InChI=1S/C14H17N3O4/c1-10(2-5-14(18)19)6-7-16-12-8-11(9-15)3-4-13(12)17(20)21/h3-4,8,10,16H,2,5-7H2,1H3,(H,18,19). The third-order valence-corrected chi connectivity index (χ3v) is 3.13. The number of nitro benzene ring substituents is 1. The quantitative estimate of drug-likeness (QED) is 0.562. The van der Waals surface area contributed by atoms with E-state index in [-0.39, 0.29) is 18.0 Å². The second kappa shape index (κ2) is 7.85. The van der Waals surface area contributed by atoms with Gasteiger partial charge in [-0.05, 0) is 30.9 Å². The van der Waals surface area contributed by atoms with Crippen LogP contribution < -0.4 is 5.32 Å². The van der Waals surface area contributed by atoms with Crippen molar-refractivity contribution in [3.05, 3.63) is 33.9 Å². The van der Waals surface area contributed by atoms with E-state index >= 15 is 0 Å². The van der Waals surface area contributed by atoms with E-state index in [1.807, 2.05) is 13.0 Å². The second-order valence-electron chi connectivity index (χ2n) is 4.85. The summed E-state index contributed by atoms with van der Waals surface area (Å²) < 4.78 is 0. The van der Waals surface area contributed by atoms with Gasteiger partial charge in [-0.2, -0.15) is 5.26 Å². The van der Waals surface area contributed by atoms with Crippen LogP contribution in [0.25, 0.3) is 0 Å². The minimum Gasteiger partial charge on any atom is -0.481 e. The highest BCUT2D eigenvalue weighted by molar-refractivity contribution is 5.66. The number of carbonyl (C=O) groups is 1. The first-order chi connectivity index (χ1) is 9.93. The van der Waals surface area contributed by atoms with Crippen LogP contribution >= 0.6 is 0 Å². The van der Waals surface area contributed by atoms with Gasteiger partial charge in [0.2, 0.25) is 0 Å². The number of nitriles is 1. The smallest absolute Gasteiger partial charge is 0.303 e. The van der Waals surface area contributed by atoms with Crippen molar-refractivity contribution in [3.63, 3.8) is 0 Å². The largest absolute Gasteiger partial charge is 0.481 e. The number of aliphatic carboxylic acids is 1. The zero-order valence-electron chi connectivity index (χ0n) is 11.7. The summed E-state index contributed by atoms with van der Waals surface area (Å²) >= 11 is 0. The van der Waals surface area contributed by atoms with Crippen LogP contribution in [0.15, 0.2) is 18.2 Å². The molecule has 0 amide bonds. The number of nitrogens with one attached hydrogen (secondary N) is 1. The molecule has 0 saturated heterocycles. The number of carboxylic acid groups (broad SMARTS) is 1. The molecule has 0 fully saturated rings. The van der Waals surface area contributed by atoms with Crippen LogP contribution in [0.2, 0.25) is 0 Å². The van der Waals surface area contributed by atoms with Crippen molar-refractivity contribution < 1.29 is 14.8 Å². The van der Waals surface area contributed by atoms with Gasteiger partial charge in [0, 0.05) is 19.0 Å². The van der Waals surface area contributed by atoms with E-state index < -0.39 is 10.9 Å². The Labute approximate surface area is 122 Å². The lowest BCUT2D eigenvalue weighted by Gasteiger charge is -2.12. The van der Waals surface area contributed by atoms with E-state index in [9.17, 15) is 14.9 Å². The Morgan fingerprint density at radius 3 is 2.81 bits per heavy atom. The molecule has 0 bridgehead atoms. The monoisotopic (exact) mass is 291 g/mol. The summed E-state index contributed by atoms with van der Waals surface area (Å²) in [5.41, 5.74) is 0.582. The zero-order valence-corrected chi connectivity index (χ0v) is 11.7. The lowest BCUT2D eigenvalue weighted by Crippen LogP contribution is -2.09. The lowest BCUT2D eigenvalue weighted by molar-refractivity contribution is -0.384. The molecule has 2 N–H and O–H groups in total. The van der Waals surface area contributed by atoms with E-state index in [0.29, 0.717) is 30.6 Å². The van der Waals surface area contributed by atoms with Crippen LogP contribution in [-0.2, 0) is 4.79 Å². The molecule has 0 aromatic heterocycles. The first kappa shape index (κ1) is 16.4. The summed E-state index contributed by atoms with van der Waals surface area (Å²) in [5, 5.41) is 31.3. The minimum atomic E-state index is -0.827. The SMILES string of the molecule is CC(CCNc1cc(C#N)ccc1[N+](=O)[O-])CCC(=O)O. The highest BCUT2D eigenvalue weighted by Gasteiger charge is 2.14. The number of carboxylic acids is 1. The van der Waals surface area contributed by atoms with Gasteiger partial charge in [-0.3, -0.25) is 14.9 Å². The normalized spacial score (nSPS) is 11.4. The van der Waals surface area contributed by atoms with Gasteiger partial charge >= 0.3 is 5.97 Å². The average Bonchev–Trinajstić information content (AvgIpc) is 2.44. The highest BCUT2D eigenvalue weighted by atomic mass is 16.6. The minimum absolute atomic E-state index is 0.0767. The Bertz CT molecular complexity index is 566. The summed E-state index contributed by atoms with van der Waals surface area (Å²) in [7, 11) is 0. The lowest BCUT2D eigenvalue weighted by atomic mass is 10.0. The zero-order chi connectivity index (χ0) is 15.8. The molecule has 112 valence electrons. The number of hydrogen-bond acceptors (Lipinski definition) is 5. The summed E-state index contributed by atoms with van der Waals surface area (Å²) in [6, 6.07) is 6.08. The first-order valence-corrected chi connectivity index (χ1v) is 6.58. The number of anilines is 1. The van der Waals surface area contributed by atoms with Gasteiger partial charge in [-0.1, -0.05) is 6.92 Å². The predicted molar refractivity (Wildman–Crippen MR) is 77.0 cm³/mol. The van der Waals surface area contributed by atoms with Crippen molar-refractivity contribution in [3.8, 4) is 6.07 Å². The number of rotatable bonds is 8. The van der Waals surface area contributed by atoms with E-state index in [4.69, 9.17) is 10.4 Å². The molecule has 1 aromatic carbocycles. The molecule has 1 atom stereocenters. The van der Waals surface area contributed by atoms with Crippen LogP contribution in [0.1, 0.15) is 31.7 Å². The molecule has 0 heterocycles. The molecule has 1 aromatic rings. The number of nitro groups is 1. The van der Waals surface area contributed by atoms with E-state index in [2.05, 4.69) is 5.32 Å². The van der Waals surface area contributed by atoms with Gasteiger partial charge in [-0.25, -0.2) is 0 Å². The second-order valence-corrected chi connectivity index (χ2v) is 4.85. The summed E-state index contributed by atoms with van der Waals surface area (Å²) in [5.74, 6) is -0.626. The predicted octanol–water partition coefficient (Wildman–Crippen LogP) is 2.77. The Morgan fingerprint density at radius 1 is 1.52 bits per heavy atom. The van der Waals surface area contributed by atoms with E-state index in [0.717, 1.165) is 0 Å². The summed E-state index contributed by atoms with van der Waals surface area (Å²) in [4.78, 5) is 20.9. The molecule has 1 unspecified atom stereocenters. The van der Waals surface area contributed by atoms with E-state index in [1.54, 1.807) is 0 Å². The van der Waals surface area contributed by atoms with Crippen LogP contribution in [0, 0.1) is 27.4 Å². The molecular formula is C14H17N3O4. The van der Waals surface area contributed by atoms with Crippen molar-refractivity contribution in [2.24, 2.45) is 5.92 Å². The van der Waals surface area contributed by atoms with Gasteiger partial charge in [0.05, 0.1) is 16.6 Å². The Kier molecular flexibility index (Phi) is 6.14. The van der Waals surface area contributed by atoms with Gasteiger partial charge in [0.25, 0.3) is 5.69 Å². The van der Waals surface area contributed by atoms with Crippen LogP contribution in [0.3, 0.4) is 0 Å². The third kappa shape index (κ3) is 5.48. The fourth-order valence-corrected chi connectivity index (χ4v) is 1.87. The summed E-state index contributed by atoms with van der Waals surface area (Å²) in [6.45, 7) is 2.42. The van der Waals surface area contributed by atoms with Crippen LogP contribution in [0.5, 0.6) is 0 Å². The Hall–Kier alpha value is -2.62. The maximum atomic E-state index is 10.9. The fourth-order valence-electron chi connectivity index (χ4n) is 1.87. The average molecular weight is 291 g/mol. The molecular weight excluding hydrogens is 274 g/mol. The van der Waals surface area contributed by atoms with Crippen molar-refractivity contribution in [1.82, 2.24) is 0 Å². The molecule has 0 aliphatic heterocycles. The molecule has 21 heavy (non-hydrogen) atoms. The molecule has 0 aliphatic carbocycles. The van der Waals surface area contributed by atoms with Gasteiger partial charge in [0.15, 0.2) is 0 Å². The first-order valence-electron chi connectivity index (χ1n) is 6.58. The Balaban J connectivity index is 2.60. The molecule has 0 radical (unpaired) electrons. The van der Waals surface area contributed by atoms with Gasteiger partial charge < -0.3 is 10.4 Å². The molecule has 0 aliphatic rings. The number of hydrogen-bond donors (Lipinski definition) is 2. The molecule has 0 saturated carbocycles. The van der Waals surface area contributed by atoms with Crippen molar-refractivity contribution in [1.29, 1.82) is 5.26 Å². The highest BCUT2D eigenvalue weighted by Crippen LogP contribution is 2.25. The molecule has 7 nitrogen and oxygen atoms in total. The fraction of sp³-hybridized carbons (Fsp3) is 0.429. The maximum Gasteiger partial charge on any atom is 0.303 e. The maximum absolute atomic E-state index is 10.9. The topological polar surface area (TPSA) is 116 Å². The van der Waals surface area contributed by atoms with Crippen LogP contribution in [0.4, 0.5) is 11.4 Å². The van der Waals surface area contributed by atoms with Gasteiger partial charge in [-0.15, -0.1) is 0 Å². The van der Waals surface area contributed by atoms with Crippen molar-refractivity contribution in [2.75, 3.05) is 11.9 Å². The number of nitrogens with zero attached hydrogens (tertiary/aromatic N) is 2. The van der Waals surface area contributed by atoms with Crippen molar-refractivity contribution >= 4 is 17.3 Å². The van der Waals surface area contributed by atoms with E-state index in [1.165, 1.54) is 18.2 Å². The molecule has 0 spiro atoms. The molecule has 1 rings (SSSR count). The number of benzene rings is 1.